The summed E-state index contributed by atoms with van der Waals surface area (Å²) in [6, 6.07) is 10.5. The molecule has 0 fully saturated rings. The minimum atomic E-state index is 0.611. The highest BCUT2D eigenvalue weighted by Crippen LogP contribution is 2.22. The molecule has 0 amide bonds. The highest BCUT2D eigenvalue weighted by atomic mass is 15.4. The predicted molar refractivity (Wildman–Crippen MR) is 67.1 cm³/mol. The van der Waals surface area contributed by atoms with Crippen molar-refractivity contribution in [3.05, 3.63) is 47.2 Å². The fourth-order valence-corrected chi connectivity index (χ4v) is 2.32. The molecule has 87 valence electrons. The lowest BCUT2D eigenvalue weighted by Crippen LogP contribution is -2.33. The monoisotopic (exact) mass is 227 g/mol. The summed E-state index contributed by atoms with van der Waals surface area (Å²) in [5, 5.41) is 3.94. The van der Waals surface area contributed by atoms with Gasteiger partial charge < -0.3 is 5.73 Å². The first-order valence-corrected chi connectivity index (χ1v) is 5.86. The smallest absolute Gasteiger partial charge is 0.151 e. The maximum atomic E-state index is 5.77. The number of benzene rings is 1. The summed E-state index contributed by atoms with van der Waals surface area (Å²) in [6.45, 7) is 2.85. The second-order valence-electron chi connectivity index (χ2n) is 4.46. The molecule has 0 aromatic heterocycles. The molecule has 2 heterocycles. The van der Waals surface area contributed by atoms with Gasteiger partial charge in [0.1, 0.15) is 0 Å². The predicted octanol–water partition coefficient (Wildman–Crippen LogP) is 1.04. The van der Waals surface area contributed by atoms with Gasteiger partial charge in [-0.3, -0.25) is 4.90 Å². The second-order valence-corrected chi connectivity index (χ2v) is 4.46. The molecule has 0 aliphatic carbocycles. The summed E-state index contributed by atoms with van der Waals surface area (Å²) >= 11 is 0. The number of rotatable bonds is 2. The second kappa shape index (κ2) is 4.22. The first-order valence-electron chi connectivity index (χ1n) is 5.86. The maximum absolute atomic E-state index is 5.77. The Hall–Kier alpha value is -1.81. The fourth-order valence-electron chi connectivity index (χ4n) is 2.32. The van der Waals surface area contributed by atoms with E-state index in [1.807, 2.05) is 6.07 Å². The number of hydrogen-bond donors (Lipinski definition) is 1. The van der Waals surface area contributed by atoms with E-state index in [0.717, 1.165) is 37.3 Å². The summed E-state index contributed by atoms with van der Waals surface area (Å²) in [7, 11) is 0. The molecule has 0 saturated carbocycles. The third-order valence-electron chi connectivity index (χ3n) is 3.24. The van der Waals surface area contributed by atoms with Gasteiger partial charge >= 0.3 is 0 Å². The van der Waals surface area contributed by atoms with Crippen molar-refractivity contribution >= 4 is 5.84 Å². The first-order chi connectivity index (χ1) is 8.33. The largest absolute Gasteiger partial charge is 0.382 e. The molecular weight excluding hydrogens is 212 g/mol. The zero-order valence-corrected chi connectivity index (χ0v) is 9.63. The third kappa shape index (κ3) is 2.03. The standard InChI is InChI=1S/C13H15N4/c14-13-11-6-7-17(9-12(11)15-16-13)8-10-4-2-1-3-5-10/h1-5H,6-9H2,(H2,14,16). The Morgan fingerprint density at radius 2 is 2.06 bits per heavy atom. The zero-order chi connectivity index (χ0) is 11.7. The van der Waals surface area contributed by atoms with Crippen LogP contribution in [0.4, 0.5) is 0 Å². The summed E-state index contributed by atoms with van der Waals surface area (Å²) in [5.41, 5.74) is 13.4. The molecule has 0 atom stereocenters. The SMILES string of the molecule is NC1=N[N]C2=C1CCN(Cc1ccccc1)C2. The van der Waals surface area contributed by atoms with Crippen LogP contribution in [0.5, 0.6) is 0 Å². The van der Waals surface area contributed by atoms with E-state index in [2.05, 4.69) is 39.7 Å². The molecular formula is C13H15N4. The molecule has 2 aliphatic rings. The van der Waals surface area contributed by atoms with Crippen molar-refractivity contribution in [2.45, 2.75) is 13.0 Å². The lowest BCUT2D eigenvalue weighted by Gasteiger charge is -2.26. The van der Waals surface area contributed by atoms with Crippen LogP contribution < -0.4 is 11.2 Å². The fraction of sp³-hybridized carbons (Fsp3) is 0.308. The van der Waals surface area contributed by atoms with Crippen LogP contribution >= 0.6 is 0 Å². The molecule has 1 aromatic rings. The molecule has 2 aliphatic heterocycles. The van der Waals surface area contributed by atoms with E-state index < -0.39 is 0 Å². The van der Waals surface area contributed by atoms with Crippen LogP contribution in [-0.2, 0) is 6.54 Å². The Labute approximate surface area is 101 Å². The molecule has 0 bridgehead atoms. The lowest BCUT2D eigenvalue weighted by atomic mass is 10.0. The average molecular weight is 227 g/mol. The van der Waals surface area contributed by atoms with Crippen molar-refractivity contribution in [3.8, 4) is 0 Å². The van der Waals surface area contributed by atoms with Gasteiger partial charge in [0.25, 0.3) is 0 Å². The van der Waals surface area contributed by atoms with E-state index in [4.69, 9.17) is 5.73 Å². The minimum Gasteiger partial charge on any atom is -0.382 e. The first kappa shape index (κ1) is 10.4. The molecule has 4 nitrogen and oxygen atoms in total. The molecule has 2 N–H and O–H groups in total. The number of nitrogens with zero attached hydrogens (tertiary/aromatic N) is 3. The number of nitrogens with two attached hydrogens (primary N) is 1. The van der Waals surface area contributed by atoms with E-state index in [1.54, 1.807) is 0 Å². The topological polar surface area (TPSA) is 55.7 Å². The van der Waals surface area contributed by atoms with Crippen LogP contribution in [0.3, 0.4) is 0 Å². The summed E-state index contributed by atoms with van der Waals surface area (Å²) in [5.74, 6) is 0.611. The van der Waals surface area contributed by atoms with Crippen molar-refractivity contribution in [2.75, 3.05) is 13.1 Å². The zero-order valence-electron chi connectivity index (χ0n) is 9.63. The van der Waals surface area contributed by atoms with Gasteiger partial charge in [0.2, 0.25) is 0 Å². The van der Waals surface area contributed by atoms with Crippen LogP contribution in [0.1, 0.15) is 12.0 Å². The van der Waals surface area contributed by atoms with Crippen LogP contribution in [0.25, 0.3) is 0 Å². The number of amidine groups is 1. The minimum absolute atomic E-state index is 0.611. The highest BCUT2D eigenvalue weighted by Gasteiger charge is 2.25. The maximum Gasteiger partial charge on any atom is 0.151 e. The van der Waals surface area contributed by atoms with Crippen LogP contribution in [0, 0.1) is 0 Å². The van der Waals surface area contributed by atoms with E-state index in [1.165, 1.54) is 5.56 Å². The van der Waals surface area contributed by atoms with Crippen LogP contribution in [0.15, 0.2) is 46.7 Å². The van der Waals surface area contributed by atoms with Crippen molar-refractivity contribution in [1.29, 1.82) is 0 Å². The van der Waals surface area contributed by atoms with Gasteiger partial charge in [-0.2, -0.15) is 5.43 Å². The third-order valence-corrected chi connectivity index (χ3v) is 3.24. The van der Waals surface area contributed by atoms with Crippen LogP contribution in [0.2, 0.25) is 0 Å². The van der Waals surface area contributed by atoms with Gasteiger partial charge in [0.05, 0.1) is 5.70 Å². The van der Waals surface area contributed by atoms with E-state index >= 15 is 0 Å². The molecule has 17 heavy (non-hydrogen) atoms. The van der Waals surface area contributed by atoms with Crippen molar-refractivity contribution in [2.24, 2.45) is 10.8 Å². The van der Waals surface area contributed by atoms with Gasteiger partial charge in [-0.05, 0) is 12.0 Å². The molecule has 1 radical (unpaired) electrons. The van der Waals surface area contributed by atoms with E-state index in [9.17, 15) is 0 Å². The Bertz CT molecular complexity index is 475. The molecule has 0 unspecified atom stereocenters. The Balaban J connectivity index is 1.68. The Morgan fingerprint density at radius 3 is 2.88 bits per heavy atom. The van der Waals surface area contributed by atoms with Crippen LogP contribution in [-0.4, -0.2) is 23.8 Å². The lowest BCUT2D eigenvalue weighted by molar-refractivity contribution is 0.274. The van der Waals surface area contributed by atoms with Crippen molar-refractivity contribution < 1.29 is 0 Å². The van der Waals surface area contributed by atoms with Crippen molar-refractivity contribution in [3.63, 3.8) is 0 Å². The van der Waals surface area contributed by atoms with Gasteiger partial charge in [0, 0.05) is 25.2 Å². The Kier molecular flexibility index (Phi) is 2.57. The van der Waals surface area contributed by atoms with Crippen molar-refractivity contribution in [1.82, 2.24) is 10.3 Å². The quantitative estimate of drug-likeness (QED) is 0.820. The van der Waals surface area contributed by atoms with Gasteiger partial charge in [-0.1, -0.05) is 30.3 Å². The molecule has 0 spiro atoms. The van der Waals surface area contributed by atoms with Gasteiger partial charge in [0.15, 0.2) is 5.84 Å². The normalized spacial score (nSPS) is 19.9. The van der Waals surface area contributed by atoms with E-state index in [-0.39, 0.29) is 0 Å². The average Bonchev–Trinajstić information content (AvgIpc) is 2.72. The summed E-state index contributed by atoms with van der Waals surface area (Å²) in [4.78, 5) is 2.38. The molecule has 0 saturated heterocycles. The molecule has 4 heteroatoms. The summed E-state index contributed by atoms with van der Waals surface area (Å²) < 4.78 is 0. The van der Waals surface area contributed by atoms with Gasteiger partial charge in [-0.15, -0.1) is 5.10 Å². The van der Waals surface area contributed by atoms with Gasteiger partial charge in [-0.25, -0.2) is 0 Å². The molecule has 3 rings (SSSR count). The Morgan fingerprint density at radius 1 is 1.24 bits per heavy atom. The van der Waals surface area contributed by atoms with E-state index in [0.29, 0.717) is 5.84 Å². The highest BCUT2D eigenvalue weighted by molar-refractivity contribution is 5.99. The summed E-state index contributed by atoms with van der Waals surface area (Å²) in [6.07, 6.45) is 0.959. The molecule has 1 aromatic carbocycles. The number of hydrogen-bond acceptors (Lipinski definition) is 3.